The van der Waals surface area contributed by atoms with Crippen LogP contribution in [-0.2, 0) is 4.79 Å². The Bertz CT molecular complexity index is 791. The molecule has 130 valence electrons. The Balaban J connectivity index is 2.01. The van der Waals surface area contributed by atoms with Crippen molar-refractivity contribution in [2.75, 3.05) is 5.32 Å². The minimum Gasteiger partial charge on any atom is -0.349 e. The van der Waals surface area contributed by atoms with Gasteiger partial charge in [-0.1, -0.05) is 30.3 Å². The maximum Gasteiger partial charge on any atom is 0.251 e. The predicted octanol–water partition coefficient (Wildman–Crippen LogP) is 3.18. The summed E-state index contributed by atoms with van der Waals surface area (Å²) < 4.78 is 13.6. The minimum atomic E-state index is -0.626. The second kappa shape index (κ2) is 8.19. The van der Waals surface area contributed by atoms with E-state index in [0.29, 0.717) is 5.56 Å². The number of nitrogens with one attached hydrogen (secondary N) is 2. The highest BCUT2D eigenvalue weighted by molar-refractivity contribution is 5.99. The summed E-state index contributed by atoms with van der Waals surface area (Å²) in [5.41, 5.74) is 0.718. The third kappa shape index (κ3) is 5.24. The van der Waals surface area contributed by atoms with Crippen molar-refractivity contribution in [3.8, 4) is 0 Å². The average Bonchev–Trinajstić information content (AvgIpc) is 2.57. The number of ketones is 1. The molecule has 2 rings (SSSR count). The van der Waals surface area contributed by atoms with E-state index in [1.165, 1.54) is 19.1 Å². The molecule has 0 aliphatic heterocycles. The molecule has 0 radical (unpaired) electrons. The van der Waals surface area contributed by atoms with Crippen LogP contribution in [0.5, 0.6) is 0 Å². The van der Waals surface area contributed by atoms with Crippen LogP contribution in [-0.4, -0.2) is 23.6 Å². The average molecular weight is 342 g/mol. The first-order chi connectivity index (χ1) is 11.9. The van der Waals surface area contributed by atoms with E-state index in [4.69, 9.17) is 0 Å². The quantitative estimate of drug-likeness (QED) is 0.792. The number of hydrogen-bond donors (Lipinski definition) is 2. The minimum absolute atomic E-state index is 0.0619. The predicted molar refractivity (Wildman–Crippen MR) is 93.0 cm³/mol. The zero-order valence-electron chi connectivity index (χ0n) is 14.0. The third-order valence-electron chi connectivity index (χ3n) is 3.50. The Morgan fingerprint density at radius 2 is 1.72 bits per heavy atom. The van der Waals surface area contributed by atoms with Gasteiger partial charge in [0.25, 0.3) is 5.91 Å². The number of carbonyl (C=O) groups is 3. The van der Waals surface area contributed by atoms with Crippen LogP contribution in [0.25, 0.3) is 0 Å². The van der Waals surface area contributed by atoms with Gasteiger partial charge in [-0.15, -0.1) is 0 Å². The van der Waals surface area contributed by atoms with Crippen molar-refractivity contribution in [1.29, 1.82) is 0 Å². The number of anilines is 1. The van der Waals surface area contributed by atoms with Crippen molar-refractivity contribution in [3.63, 3.8) is 0 Å². The molecule has 2 aromatic carbocycles. The first-order valence-electron chi connectivity index (χ1n) is 7.83. The van der Waals surface area contributed by atoms with Crippen LogP contribution in [0.3, 0.4) is 0 Å². The number of rotatable bonds is 6. The van der Waals surface area contributed by atoms with Crippen molar-refractivity contribution < 1.29 is 18.8 Å². The fourth-order valence-corrected chi connectivity index (χ4v) is 2.33. The van der Waals surface area contributed by atoms with Crippen LogP contribution >= 0.6 is 0 Å². The van der Waals surface area contributed by atoms with E-state index in [1.807, 2.05) is 6.07 Å². The molecule has 0 aliphatic rings. The lowest BCUT2D eigenvalue weighted by molar-refractivity contribution is -0.114. The summed E-state index contributed by atoms with van der Waals surface area (Å²) in [6.07, 6.45) is 0.148. The van der Waals surface area contributed by atoms with Crippen LogP contribution in [0, 0.1) is 5.82 Å². The summed E-state index contributed by atoms with van der Waals surface area (Å²) in [4.78, 5) is 35.5. The largest absolute Gasteiger partial charge is 0.349 e. The van der Waals surface area contributed by atoms with Gasteiger partial charge in [-0.25, -0.2) is 4.39 Å². The van der Waals surface area contributed by atoms with E-state index in [-0.39, 0.29) is 23.5 Å². The van der Waals surface area contributed by atoms with E-state index >= 15 is 0 Å². The normalized spacial score (nSPS) is 11.5. The van der Waals surface area contributed by atoms with E-state index in [9.17, 15) is 18.8 Å². The molecule has 0 aliphatic carbocycles. The van der Waals surface area contributed by atoms with Gasteiger partial charge in [-0.2, -0.15) is 0 Å². The lowest BCUT2D eigenvalue weighted by Crippen LogP contribution is -2.34. The van der Waals surface area contributed by atoms with Gasteiger partial charge >= 0.3 is 0 Å². The van der Waals surface area contributed by atoms with E-state index in [2.05, 4.69) is 10.6 Å². The molecule has 2 aromatic rings. The molecule has 0 saturated carbocycles. The van der Waals surface area contributed by atoms with Gasteiger partial charge in [0.05, 0.1) is 5.69 Å². The van der Waals surface area contributed by atoms with Crippen molar-refractivity contribution in [2.45, 2.75) is 26.3 Å². The maximum absolute atomic E-state index is 13.6. The molecule has 2 N–H and O–H groups in total. The fourth-order valence-electron chi connectivity index (χ4n) is 2.33. The highest BCUT2D eigenvalue weighted by atomic mass is 19.1. The number of hydrogen-bond acceptors (Lipinski definition) is 3. The summed E-state index contributed by atoms with van der Waals surface area (Å²) in [5.74, 6) is -1.58. The van der Waals surface area contributed by atoms with E-state index in [1.54, 1.807) is 31.2 Å². The number of carbonyl (C=O) groups excluding carboxylic acids is 3. The van der Waals surface area contributed by atoms with Crippen LogP contribution in [0.1, 0.15) is 41.0 Å². The number of benzene rings is 2. The molecule has 0 bridgehead atoms. The monoisotopic (exact) mass is 342 g/mol. The van der Waals surface area contributed by atoms with Gasteiger partial charge in [-0.05, 0) is 25.1 Å². The molecule has 5 nitrogen and oxygen atoms in total. The topological polar surface area (TPSA) is 75.3 Å². The van der Waals surface area contributed by atoms with Crippen molar-refractivity contribution in [1.82, 2.24) is 5.32 Å². The lowest BCUT2D eigenvalue weighted by atomic mass is 10.0. The van der Waals surface area contributed by atoms with E-state index in [0.717, 1.165) is 6.07 Å². The smallest absolute Gasteiger partial charge is 0.251 e. The van der Waals surface area contributed by atoms with Gasteiger partial charge in [-0.3, -0.25) is 14.4 Å². The summed E-state index contributed by atoms with van der Waals surface area (Å²) in [6, 6.07) is 12.1. The Hall–Kier alpha value is -3.02. The summed E-state index contributed by atoms with van der Waals surface area (Å²) in [7, 11) is 0. The van der Waals surface area contributed by atoms with Crippen LogP contribution in [0.2, 0.25) is 0 Å². The molecular formula is C19H19FN2O3. The molecule has 25 heavy (non-hydrogen) atoms. The summed E-state index contributed by atoms with van der Waals surface area (Å²) in [6.45, 7) is 2.97. The van der Waals surface area contributed by atoms with Gasteiger partial charge < -0.3 is 10.6 Å². The van der Waals surface area contributed by atoms with Crippen LogP contribution in [0.15, 0.2) is 48.5 Å². The highest BCUT2D eigenvalue weighted by Crippen LogP contribution is 2.16. The Kier molecular flexibility index (Phi) is 6.00. The second-order valence-corrected chi connectivity index (χ2v) is 5.74. The van der Waals surface area contributed by atoms with Gasteiger partial charge in [0.2, 0.25) is 5.91 Å². The molecule has 0 unspecified atom stereocenters. The van der Waals surface area contributed by atoms with Crippen molar-refractivity contribution in [2.24, 2.45) is 0 Å². The SMILES string of the molecule is CC(=O)Nc1cc(C(=O)N[C@@H](C)CC(=O)c2ccccc2)ccc1F. The zero-order chi connectivity index (χ0) is 18.4. The molecule has 2 amide bonds. The Morgan fingerprint density at radius 3 is 2.36 bits per heavy atom. The van der Waals surface area contributed by atoms with Crippen molar-refractivity contribution in [3.05, 3.63) is 65.5 Å². The Labute approximate surface area is 145 Å². The highest BCUT2D eigenvalue weighted by Gasteiger charge is 2.16. The first kappa shape index (κ1) is 18.3. The van der Waals surface area contributed by atoms with Crippen LogP contribution in [0.4, 0.5) is 10.1 Å². The van der Waals surface area contributed by atoms with Gasteiger partial charge in [0.1, 0.15) is 5.82 Å². The molecule has 6 heteroatoms. The molecule has 0 fully saturated rings. The molecule has 0 aromatic heterocycles. The van der Waals surface area contributed by atoms with E-state index < -0.39 is 23.7 Å². The van der Waals surface area contributed by atoms with Crippen molar-refractivity contribution >= 4 is 23.3 Å². The van der Waals surface area contributed by atoms with Gasteiger partial charge in [0.15, 0.2) is 5.78 Å². The molecule has 0 spiro atoms. The van der Waals surface area contributed by atoms with Crippen LogP contribution < -0.4 is 10.6 Å². The number of halogens is 1. The molecular weight excluding hydrogens is 323 g/mol. The maximum atomic E-state index is 13.6. The molecule has 1 atom stereocenters. The molecule has 0 saturated heterocycles. The number of amides is 2. The number of Topliss-reactive ketones (excluding diaryl/α,β-unsaturated/α-hetero) is 1. The summed E-state index contributed by atoms with van der Waals surface area (Å²) >= 11 is 0. The zero-order valence-corrected chi connectivity index (χ0v) is 14.0. The Morgan fingerprint density at radius 1 is 1.04 bits per heavy atom. The van der Waals surface area contributed by atoms with Gasteiger partial charge in [0, 0.05) is 30.5 Å². The lowest BCUT2D eigenvalue weighted by Gasteiger charge is -2.14. The first-order valence-corrected chi connectivity index (χ1v) is 7.83. The summed E-state index contributed by atoms with van der Waals surface area (Å²) in [5, 5.41) is 5.03. The molecule has 0 heterocycles. The second-order valence-electron chi connectivity index (χ2n) is 5.74. The third-order valence-corrected chi connectivity index (χ3v) is 3.50. The standard InChI is InChI=1S/C19H19FN2O3/c1-12(10-18(24)14-6-4-3-5-7-14)21-19(25)15-8-9-16(20)17(11-15)22-13(2)23/h3-9,11-12H,10H2,1-2H3,(H,21,25)(H,22,23)/t12-/m0/s1. The fraction of sp³-hybridized carbons (Fsp3) is 0.211.